The Bertz CT molecular complexity index is 700. The van der Waals surface area contributed by atoms with E-state index in [4.69, 9.17) is 10.7 Å². The van der Waals surface area contributed by atoms with Gasteiger partial charge in [-0.3, -0.25) is 4.79 Å². The van der Waals surface area contributed by atoms with Crippen molar-refractivity contribution in [3.05, 3.63) is 28.3 Å². The fourth-order valence-electron chi connectivity index (χ4n) is 2.21. The maximum Gasteiger partial charge on any atom is 0.277 e. The average Bonchev–Trinajstić information content (AvgIpc) is 2.81. The zero-order valence-corrected chi connectivity index (χ0v) is 12.5. The van der Waals surface area contributed by atoms with Gasteiger partial charge in [0.25, 0.3) is 5.91 Å². The van der Waals surface area contributed by atoms with Gasteiger partial charge in [0.2, 0.25) is 0 Å². The number of aryl methyl sites for hydroxylation is 2. The molecular formula is C14H16N4OS. The fraction of sp³-hybridized carbons (Fsp3) is 0.429. The molecule has 0 saturated heterocycles. The monoisotopic (exact) mass is 288 g/mol. The summed E-state index contributed by atoms with van der Waals surface area (Å²) in [7, 11) is 0. The Labute approximate surface area is 121 Å². The molecule has 0 saturated carbocycles. The van der Waals surface area contributed by atoms with Crippen LogP contribution in [0.2, 0.25) is 0 Å². The molecule has 0 atom stereocenters. The Morgan fingerprint density at radius 2 is 2.05 bits per heavy atom. The second-order valence-corrected chi connectivity index (χ2v) is 6.98. The lowest BCUT2D eigenvalue weighted by Gasteiger charge is -2.20. The molecule has 0 unspecified atom stereocenters. The predicted octanol–water partition coefficient (Wildman–Crippen LogP) is 2.10. The van der Waals surface area contributed by atoms with Crippen LogP contribution in [0, 0.1) is 0 Å². The molecule has 2 aromatic rings. The van der Waals surface area contributed by atoms with E-state index in [1.807, 2.05) is 6.20 Å². The molecule has 2 heterocycles. The molecule has 0 spiro atoms. The summed E-state index contributed by atoms with van der Waals surface area (Å²) < 4.78 is 0. The summed E-state index contributed by atoms with van der Waals surface area (Å²) >= 11 is 1.33. The standard InChI is InChI=1S/C14H16N4OS/c1-14(2,3)13-16-6-7-4-5-8-10(9(7)18-13)20-12(17-8)11(15)19/h6H,4-5H2,1-3H3,(H2,15,19). The fourth-order valence-corrected chi connectivity index (χ4v) is 3.20. The summed E-state index contributed by atoms with van der Waals surface area (Å²) in [6.07, 6.45) is 3.56. The van der Waals surface area contributed by atoms with Gasteiger partial charge in [0.05, 0.1) is 16.3 Å². The molecule has 0 fully saturated rings. The third-order valence-corrected chi connectivity index (χ3v) is 4.41. The highest BCUT2D eigenvalue weighted by atomic mass is 32.1. The van der Waals surface area contributed by atoms with Crippen LogP contribution in [0.15, 0.2) is 6.20 Å². The summed E-state index contributed by atoms with van der Waals surface area (Å²) in [6.45, 7) is 6.25. The van der Waals surface area contributed by atoms with E-state index in [9.17, 15) is 4.79 Å². The van der Waals surface area contributed by atoms with Crippen LogP contribution in [-0.4, -0.2) is 20.9 Å². The highest BCUT2D eigenvalue weighted by Crippen LogP contribution is 2.37. The van der Waals surface area contributed by atoms with Crippen LogP contribution in [0.4, 0.5) is 0 Å². The van der Waals surface area contributed by atoms with E-state index in [-0.39, 0.29) is 5.41 Å². The number of nitrogens with zero attached hydrogens (tertiary/aromatic N) is 3. The van der Waals surface area contributed by atoms with Gasteiger partial charge in [0.15, 0.2) is 5.01 Å². The Hall–Kier alpha value is -1.82. The Kier molecular flexibility index (Phi) is 2.86. The molecule has 0 aliphatic heterocycles. The Balaban J connectivity index is 2.16. The molecule has 104 valence electrons. The first-order valence-electron chi connectivity index (χ1n) is 6.52. The lowest BCUT2D eigenvalue weighted by molar-refractivity contribution is 0.1000. The minimum Gasteiger partial charge on any atom is -0.364 e. The highest BCUT2D eigenvalue weighted by Gasteiger charge is 2.26. The quantitative estimate of drug-likeness (QED) is 0.871. The van der Waals surface area contributed by atoms with Crippen LogP contribution in [0.25, 0.3) is 10.6 Å². The second-order valence-electron chi connectivity index (χ2n) is 5.98. The topological polar surface area (TPSA) is 81.8 Å². The first kappa shape index (κ1) is 13.2. The molecule has 3 rings (SSSR count). The van der Waals surface area contributed by atoms with Crippen molar-refractivity contribution in [2.24, 2.45) is 5.73 Å². The van der Waals surface area contributed by atoms with Gasteiger partial charge in [0.1, 0.15) is 5.82 Å². The number of hydrogen-bond acceptors (Lipinski definition) is 5. The van der Waals surface area contributed by atoms with Gasteiger partial charge in [-0.2, -0.15) is 0 Å². The average molecular weight is 288 g/mol. The summed E-state index contributed by atoms with van der Waals surface area (Å²) in [4.78, 5) is 25.7. The largest absolute Gasteiger partial charge is 0.364 e. The van der Waals surface area contributed by atoms with Crippen LogP contribution >= 0.6 is 11.3 Å². The van der Waals surface area contributed by atoms with Crippen LogP contribution in [0.5, 0.6) is 0 Å². The number of fused-ring (bicyclic) bond motifs is 3. The second kappa shape index (κ2) is 4.34. The zero-order chi connectivity index (χ0) is 14.5. The normalized spacial score (nSPS) is 13.8. The van der Waals surface area contributed by atoms with E-state index >= 15 is 0 Å². The van der Waals surface area contributed by atoms with Crippen molar-refractivity contribution in [3.63, 3.8) is 0 Å². The van der Waals surface area contributed by atoms with Crippen molar-refractivity contribution in [2.45, 2.75) is 39.0 Å². The summed E-state index contributed by atoms with van der Waals surface area (Å²) in [6, 6.07) is 0. The van der Waals surface area contributed by atoms with Crippen molar-refractivity contribution in [1.82, 2.24) is 15.0 Å². The molecule has 1 aliphatic carbocycles. The molecule has 0 bridgehead atoms. The van der Waals surface area contributed by atoms with Crippen molar-refractivity contribution in [3.8, 4) is 10.6 Å². The number of carbonyl (C=O) groups excluding carboxylic acids is 1. The van der Waals surface area contributed by atoms with E-state index in [1.54, 1.807) is 0 Å². The first-order valence-corrected chi connectivity index (χ1v) is 7.34. The van der Waals surface area contributed by atoms with Gasteiger partial charge in [-0.05, 0) is 18.4 Å². The molecule has 2 N–H and O–H groups in total. The minimum absolute atomic E-state index is 0.107. The third kappa shape index (κ3) is 2.10. The van der Waals surface area contributed by atoms with Crippen molar-refractivity contribution in [1.29, 1.82) is 0 Å². The lowest BCUT2D eigenvalue weighted by atomic mass is 9.94. The molecule has 20 heavy (non-hydrogen) atoms. The zero-order valence-electron chi connectivity index (χ0n) is 11.7. The molecule has 1 aliphatic rings. The molecule has 2 aromatic heterocycles. The van der Waals surface area contributed by atoms with E-state index in [0.717, 1.165) is 40.5 Å². The maximum atomic E-state index is 11.3. The van der Waals surface area contributed by atoms with E-state index in [0.29, 0.717) is 5.01 Å². The maximum absolute atomic E-state index is 11.3. The highest BCUT2D eigenvalue weighted by molar-refractivity contribution is 7.17. The SMILES string of the molecule is CC(C)(C)c1ncc2c(n1)-c1sc(C(N)=O)nc1CC2. The number of thiazole rings is 1. The van der Waals surface area contributed by atoms with Gasteiger partial charge in [-0.25, -0.2) is 15.0 Å². The van der Waals surface area contributed by atoms with E-state index < -0.39 is 5.91 Å². The summed E-state index contributed by atoms with van der Waals surface area (Å²) in [5.74, 6) is 0.328. The van der Waals surface area contributed by atoms with Gasteiger partial charge in [0, 0.05) is 11.6 Å². The number of amides is 1. The number of carbonyl (C=O) groups is 1. The third-order valence-electron chi connectivity index (χ3n) is 3.29. The number of rotatable bonds is 1. The van der Waals surface area contributed by atoms with Crippen LogP contribution < -0.4 is 5.73 Å². The number of primary amides is 1. The van der Waals surface area contributed by atoms with Crippen LogP contribution in [-0.2, 0) is 18.3 Å². The number of nitrogens with two attached hydrogens (primary N) is 1. The van der Waals surface area contributed by atoms with E-state index in [1.165, 1.54) is 11.3 Å². The molecular weight excluding hydrogens is 272 g/mol. The van der Waals surface area contributed by atoms with Gasteiger partial charge in [-0.1, -0.05) is 20.8 Å². The van der Waals surface area contributed by atoms with Crippen molar-refractivity contribution < 1.29 is 4.79 Å². The van der Waals surface area contributed by atoms with Gasteiger partial charge < -0.3 is 5.73 Å². The van der Waals surface area contributed by atoms with Crippen LogP contribution in [0.1, 0.15) is 47.7 Å². The molecule has 6 heteroatoms. The Morgan fingerprint density at radius 1 is 1.30 bits per heavy atom. The lowest BCUT2D eigenvalue weighted by Crippen LogP contribution is -2.18. The smallest absolute Gasteiger partial charge is 0.277 e. The summed E-state index contributed by atoms with van der Waals surface area (Å²) in [5.41, 5.74) is 8.17. The van der Waals surface area contributed by atoms with Gasteiger partial charge in [-0.15, -0.1) is 11.3 Å². The first-order chi connectivity index (χ1) is 9.36. The molecule has 0 radical (unpaired) electrons. The van der Waals surface area contributed by atoms with E-state index in [2.05, 4.69) is 30.7 Å². The van der Waals surface area contributed by atoms with Crippen LogP contribution in [0.3, 0.4) is 0 Å². The van der Waals surface area contributed by atoms with Gasteiger partial charge >= 0.3 is 0 Å². The number of aromatic nitrogens is 3. The molecule has 0 aromatic carbocycles. The summed E-state index contributed by atoms with van der Waals surface area (Å²) in [5, 5.41) is 0.360. The van der Waals surface area contributed by atoms with Crippen molar-refractivity contribution in [2.75, 3.05) is 0 Å². The number of hydrogen-bond donors (Lipinski definition) is 1. The Morgan fingerprint density at radius 3 is 2.70 bits per heavy atom. The minimum atomic E-state index is -0.476. The molecule has 1 amide bonds. The predicted molar refractivity (Wildman–Crippen MR) is 77.8 cm³/mol. The van der Waals surface area contributed by atoms with Crippen molar-refractivity contribution >= 4 is 17.2 Å². The molecule has 5 nitrogen and oxygen atoms in total.